The summed E-state index contributed by atoms with van der Waals surface area (Å²) in [6.07, 6.45) is 1.70. The van der Waals surface area contributed by atoms with Gasteiger partial charge in [0.15, 0.2) is 11.4 Å². The molecule has 0 fully saturated rings. The molecule has 1 N–H and O–H groups in total. The number of carbonyl (C=O) groups excluding carboxylic acids is 2. The van der Waals surface area contributed by atoms with E-state index < -0.39 is 17.3 Å². The van der Waals surface area contributed by atoms with E-state index in [4.69, 9.17) is 4.42 Å². The van der Waals surface area contributed by atoms with Crippen molar-refractivity contribution in [2.24, 2.45) is 0 Å². The van der Waals surface area contributed by atoms with Gasteiger partial charge in [0.05, 0.1) is 18.4 Å². The molecule has 1 atom stereocenters. The molecular weight excluding hydrogens is 342 g/mol. The van der Waals surface area contributed by atoms with Crippen molar-refractivity contribution in [1.82, 2.24) is 0 Å². The zero-order chi connectivity index (χ0) is 18.9. The number of aliphatic hydroxyl groups is 1. The van der Waals surface area contributed by atoms with E-state index in [1.165, 1.54) is 12.3 Å². The zero-order valence-corrected chi connectivity index (χ0v) is 14.7. The molecule has 1 aromatic heterocycles. The molecule has 0 saturated heterocycles. The number of nitrogens with zero attached hydrogens (tertiary/aromatic N) is 1. The minimum absolute atomic E-state index is 0.136. The van der Waals surface area contributed by atoms with Gasteiger partial charge in [-0.1, -0.05) is 48.5 Å². The summed E-state index contributed by atoms with van der Waals surface area (Å²) in [6, 6.07) is 20.1. The van der Waals surface area contributed by atoms with E-state index in [0.29, 0.717) is 24.2 Å². The van der Waals surface area contributed by atoms with E-state index in [0.717, 1.165) is 5.56 Å². The Balaban J connectivity index is 1.62. The first-order valence-corrected chi connectivity index (χ1v) is 8.84. The summed E-state index contributed by atoms with van der Waals surface area (Å²) in [5, 5.41) is 11.2. The first-order chi connectivity index (χ1) is 13.1. The van der Waals surface area contributed by atoms with Crippen LogP contribution in [0.5, 0.6) is 0 Å². The lowest BCUT2D eigenvalue weighted by molar-refractivity contribution is -0.135. The third-order valence-corrected chi connectivity index (χ3v) is 4.92. The van der Waals surface area contributed by atoms with Crippen molar-refractivity contribution in [3.8, 4) is 0 Å². The number of furan rings is 1. The highest BCUT2D eigenvalue weighted by Gasteiger charge is 2.50. The Kier molecular flexibility index (Phi) is 4.38. The number of amides is 1. The van der Waals surface area contributed by atoms with Gasteiger partial charge in [-0.15, -0.1) is 0 Å². The fraction of sp³-hybridized carbons (Fsp3) is 0.182. The third-order valence-electron chi connectivity index (χ3n) is 4.92. The van der Waals surface area contributed by atoms with Crippen molar-refractivity contribution in [2.75, 3.05) is 11.4 Å². The Morgan fingerprint density at radius 2 is 1.74 bits per heavy atom. The van der Waals surface area contributed by atoms with Crippen LogP contribution < -0.4 is 4.90 Å². The predicted molar refractivity (Wildman–Crippen MR) is 100 cm³/mol. The first kappa shape index (κ1) is 17.2. The van der Waals surface area contributed by atoms with Crippen molar-refractivity contribution in [1.29, 1.82) is 0 Å². The van der Waals surface area contributed by atoms with Crippen molar-refractivity contribution in [2.45, 2.75) is 18.4 Å². The highest BCUT2D eigenvalue weighted by atomic mass is 16.3. The molecule has 136 valence electrons. The molecule has 0 saturated carbocycles. The Labute approximate surface area is 156 Å². The van der Waals surface area contributed by atoms with Crippen molar-refractivity contribution < 1.29 is 19.1 Å². The summed E-state index contributed by atoms with van der Waals surface area (Å²) in [5.74, 6) is -0.744. The van der Waals surface area contributed by atoms with Crippen LogP contribution in [0.3, 0.4) is 0 Å². The van der Waals surface area contributed by atoms with Gasteiger partial charge in [-0.2, -0.15) is 0 Å². The highest BCUT2D eigenvalue weighted by molar-refractivity contribution is 6.10. The van der Waals surface area contributed by atoms with Crippen molar-refractivity contribution in [3.63, 3.8) is 0 Å². The molecule has 4 rings (SSSR count). The second-order valence-corrected chi connectivity index (χ2v) is 6.65. The SMILES string of the molecule is O=C(C[C@@]1(O)C(=O)N(CCc2ccccc2)c2ccccc21)c1ccco1. The zero-order valence-electron chi connectivity index (χ0n) is 14.7. The summed E-state index contributed by atoms with van der Waals surface area (Å²) in [4.78, 5) is 27.2. The molecule has 1 aliphatic rings. The van der Waals surface area contributed by atoms with Crippen LogP contribution in [0.4, 0.5) is 5.69 Å². The molecule has 0 spiro atoms. The van der Waals surface area contributed by atoms with Crippen LogP contribution in [0.15, 0.2) is 77.4 Å². The summed E-state index contributed by atoms with van der Waals surface area (Å²) in [5.41, 5.74) is 0.331. The quantitative estimate of drug-likeness (QED) is 0.684. The van der Waals surface area contributed by atoms with E-state index in [9.17, 15) is 14.7 Å². The number of rotatable bonds is 6. The molecule has 1 amide bonds. The summed E-state index contributed by atoms with van der Waals surface area (Å²) in [7, 11) is 0. The molecule has 1 aliphatic heterocycles. The number of para-hydroxylation sites is 1. The number of fused-ring (bicyclic) bond motifs is 1. The fourth-order valence-corrected chi connectivity index (χ4v) is 3.54. The van der Waals surface area contributed by atoms with Crippen LogP contribution in [0, 0.1) is 0 Å². The molecule has 3 aromatic rings. The Bertz CT molecular complexity index is 965. The largest absolute Gasteiger partial charge is 0.461 e. The monoisotopic (exact) mass is 361 g/mol. The highest BCUT2D eigenvalue weighted by Crippen LogP contribution is 2.42. The van der Waals surface area contributed by atoms with Crippen LogP contribution in [-0.2, 0) is 16.8 Å². The minimum atomic E-state index is -1.88. The van der Waals surface area contributed by atoms with E-state index >= 15 is 0 Å². The molecule has 2 heterocycles. The lowest BCUT2D eigenvalue weighted by Gasteiger charge is -2.22. The lowest BCUT2D eigenvalue weighted by atomic mass is 9.89. The van der Waals surface area contributed by atoms with Crippen LogP contribution in [0.1, 0.15) is 28.1 Å². The van der Waals surface area contributed by atoms with Crippen LogP contribution in [-0.4, -0.2) is 23.3 Å². The third kappa shape index (κ3) is 3.06. The Morgan fingerprint density at radius 1 is 1.00 bits per heavy atom. The van der Waals surface area contributed by atoms with Gasteiger partial charge in [-0.25, -0.2) is 0 Å². The molecule has 0 bridgehead atoms. The van der Waals surface area contributed by atoms with Crippen molar-refractivity contribution in [3.05, 3.63) is 89.9 Å². The summed E-state index contributed by atoms with van der Waals surface area (Å²) < 4.78 is 5.12. The fourth-order valence-electron chi connectivity index (χ4n) is 3.54. The van der Waals surface area contributed by atoms with Gasteiger partial charge in [0.2, 0.25) is 5.78 Å². The Morgan fingerprint density at radius 3 is 2.48 bits per heavy atom. The second kappa shape index (κ2) is 6.85. The van der Waals surface area contributed by atoms with Gasteiger partial charge in [0.25, 0.3) is 5.91 Å². The molecule has 5 nitrogen and oxygen atoms in total. The average Bonchev–Trinajstić information content (AvgIpc) is 3.29. The van der Waals surface area contributed by atoms with Gasteiger partial charge in [-0.3, -0.25) is 9.59 Å². The number of hydrogen-bond acceptors (Lipinski definition) is 4. The number of anilines is 1. The number of hydrogen-bond donors (Lipinski definition) is 1. The molecule has 27 heavy (non-hydrogen) atoms. The maximum atomic E-state index is 13.1. The topological polar surface area (TPSA) is 70.8 Å². The smallest absolute Gasteiger partial charge is 0.264 e. The summed E-state index contributed by atoms with van der Waals surface area (Å²) in [6.45, 7) is 0.428. The first-order valence-electron chi connectivity index (χ1n) is 8.84. The average molecular weight is 361 g/mol. The maximum absolute atomic E-state index is 13.1. The van der Waals surface area contributed by atoms with E-state index in [1.54, 1.807) is 29.2 Å². The van der Waals surface area contributed by atoms with Crippen LogP contribution in [0.25, 0.3) is 0 Å². The van der Waals surface area contributed by atoms with Gasteiger partial charge in [0.1, 0.15) is 0 Å². The number of Topliss-reactive ketones (excluding diaryl/α,β-unsaturated/α-hetero) is 1. The minimum Gasteiger partial charge on any atom is -0.461 e. The lowest BCUT2D eigenvalue weighted by Crippen LogP contribution is -2.42. The number of benzene rings is 2. The van der Waals surface area contributed by atoms with Crippen LogP contribution in [0.2, 0.25) is 0 Å². The molecule has 2 aromatic carbocycles. The van der Waals surface area contributed by atoms with Gasteiger partial charge in [-0.05, 0) is 30.2 Å². The van der Waals surface area contributed by atoms with Crippen molar-refractivity contribution >= 4 is 17.4 Å². The van der Waals surface area contributed by atoms with E-state index in [2.05, 4.69) is 0 Å². The maximum Gasteiger partial charge on any atom is 0.264 e. The van der Waals surface area contributed by atoms with Crippen LogP contribution >= 0.6 is 0 Å². The standard InChI is InChI=1S/C22H19NO4/c24-19(20-11-6-14-27-20)15-22(26)17-9-4-5-10-18(17)23(21(22)25)13-12-16-7-2-1-3-8-16/h1-11,14,26H,12-13,15H2/t22-/m0/s1. The second-order valence-electron chi connectivity index (χ2n) is 6.65. The van der Waals surface area contributed by atoms with E-state index in [-0.39, 0.29) is 12.2 Å². The number of ketones is 1. The van der Waals surface area contributed by atoms with E-state index in [1.807, 2.05) is 36.4 Å². The van der Waals surface area contributed by atoms with Gasteiger partial charge in [0, 0.05) is 12.1 Å². The normalized spacial score (nSPS) is 18.6. The number of carbonyl (C=O) groups is 2. The van der Waals surface area contributed by atoms with Gasteiger partial charge >= 0.3 is 0 Å². The van der Waals surface area contributed by atoms with Gasteiger partial charge < -0.3 is 14.4 Å². The Hall–Kier alpha value is -3.18. The predicted octanol–water partition coefficient (Wildman–Crippen LogP) is 3.33. The molecular formula is C22H19NO4. The summed E-state index contributed by atoms with van der Waals surface area (Å²) >= 11 is 0. The molecule has 0 radical (unpaired) electrons. The molecule has 0 aliphatic carbocycles. The molecule has 5 heteroatoms. The molecule has 0 unspecified atom stereocenters.